The fraction of sp³-hybridized carbons (Fsp3) is 0.955. The maximum Gasteiger partial charge on any atom is 0.228 e. The zero-order valence-electron chi connectivity index (χ0n) is 19.2. The summed E-state index contributed by atoms with van der Waals surface area (Å²) in [6.07, 6.45) is 2.69. The molecule has 0 atom stereocenters. The first-order valence-electron chi connectivity index (χ1n) is 11.2. The van der Waals surface area contributed by atoms with E-state index in [0.717, 1.165) is 64.6 Å². The summed E-state index contributed by atoms with van der Waals surface area (Å²) in [7, 11) is 2.10. The highest BCUT2D eigenvalue weighted by molar-refractivity contribution is 5.81. The minimum Gasteiger partial charge on any atom is -0.379 e. The van der Waals surface area contributed by atoms with Crippen LogP contribution in [0.2, 0.25) is 0 Å². The molecule has 1 amide bonds. The molecule has 3 fully saturated rings. The Morgan fingerprint density at radius 3 is 1.89 bits per heavy atom. The van der Waals surface area contributed by atoms with E-state index in [0.29, 0.717) is 0 Å². The molecule has 0 aromatic heterocycles. The predicted molar refractivity (Wildman–Crippen MR) is 116 cm³/mol. The van der Waals surface area contributed by atoms with Gasteiger partial charge in [-0.15, -0.1) is 0 Å². The van der Waals surface area contributed by atoms with Crippen LogP contribution in [0.3, 0.4) is 0 Å². The number of nitrogens with zero attached hydrogens (tertiary/aromatic N) is 4. The Morgan fingerprint density at radius 1 is 0.893 bits per heavy atom. The van der Waals surface area contributed by atoms with Crippen LogP contribution in [0.25, 0.3) is 0 Å². The molecule has 6 heteroatoms. The Hall–Kier alpha value is -0.690. The second-order valence-corrected chi connectivity index (χ2v) is 9.85. The highest BCUT2D eigenvalue weighted by Crippen LogP contribution is 2.19. The van der Waals surface area contributed by atoms with E-state index in [1.165, 1.54) is 25.9 Å². The van der Waals surface area contributed by atoms with Crippen molar-refractivity contribution in [1.82, 2.24) is 19.6 Å². The zero-order chi connectivity index (χ0) is 20.7. The predicted octanol–water partition coefficient (Wildman–Crippen LogP) is 2.00. The first kappa shape index (κ1) is 23.6. The molecular weight excluding hydrogens is 352 g/mol. The lowest BCUT2D eigenvalue weighted by Crippen LogP contribution is -2.50. The molecule has 0 radical (unpaired) electrons. The molecule has 0 aromatic rings. The average Bonchev–Trinajstić information content (AvgIpc) is 2.68. The van der Waals surface area contributed by atoms with Crippen molar-refractivity contribution in [3.05, 3.63) is 0 Å². The van der Waals surface area contributed by atoms with Crippen LogP contribution >= 0.6 is 0 Å². The normalized spacial score (nSPS) is 24.2. The van der Waals surface area contributed by atoms with E-state index >= 15 is 0 Å². The third-order valence-corrected chi connectivity index (χ3v) is 6.22. The molecule has 28 heavy (non-hydrogen) atoms. The number of hydrogen-bond acceptors (Lipinski definition) is 5. The maximum absolute atomic E-state index is 11.8. The molecule has 6 nitrogen and oxygen atoms in total. The molecule has 3 rings (SSSR count). The summed E-state index contributed by atoms with van der Waals surface area (Å²) >= 11 is 0. The quantitative estimate of drug-likeness (QED) is 0.714. The Morgan fingerprint density at radius 2 is 1.43 bits per heavy atom. The van der Waals surface area contributed by atoms with E-state index in [1.807, 2.05) is 25.7 Å². The number of carbonyl (C=O) groups is 1. The molecule has 0 aliphatic carbocycles. The van der Waals surface area contributed by atoms with Gasteiger partial charge in [-0.2, -0.15) is 0 Å². The van der Waals surface area contributed by atoms with Crippen LogP contribution < -0.4 is 0 Å². The van der Waals surface area contributed by atoms with Gasteiger partial charge in [0.15, 0.2) is 0 Å². The van der Waals surface area contributed by atoms with Crippen LogP contribution in [0.15, 0.2) is 0 Å². The fourth-order valence-electron chi connectivity index (χ4n) is 4.19. The average molecular weight is 397 g/mol. The molecule has 3 aliphatic rings. The topological polar surface area (TPSA) is 39.3 Å². The van der Waals surface area contributed by atoms with Crippen molar-refractivity contribution >= 4 is 5.91 Å². The summed E-state index contributed by atoms with van der Waals surface area (Å²) < 4.78 is 5.40. The lowest BCUT2D eigenvalue weighted by atomic mass is 9.94. The van der Waals surface area contributed by atoms with Crippen LogP contribution in [0.1, 0.15) is 47.5 Å². The lowest BCUT2D eigenvalue weighted by Gasteiger charge is -2.41. The minimum absolute atomic E-state index is 0.226. The third-order valence-electron chi connectivity index (χ3n) is 6.22. The van der Waals surface area contributed by atoms with E-state index in [4.69, 9.17) is 4.74 Å². The van der Waals surface area contributed by atoms with Crippen molar-refractivity contribution in [2.75, 3.05) is 72.6 Å². The van der Waals surface area contributed by atoms with Crippen molar-refractivity contribution in [2.24, 2.45) is 5.41 Å². The van der Waals surface area contributed by atoms with Gasteiger partial charge < -0.3 is 19.4 Å². The fourth-order valence-corrected chi connectivity index (χ4v) is 4.19. The SMILES string of the molecule is CC(C)N1CCC(N2CCOCC2)CC1.CN1CCN(C(=O)C(C)(C)C)CC1. The van der Waals surface area contributed by atoms with E-state index in [2.05, 4.69) is 35.6 Å². The van der Waals surface area contributed by atoms with Gasteiger partial charge in [0.05, 0.1) is 13.2 Å². The number of likely N-dealkylation sites (N-methyl/N-ethyl adjacent to an activating group) is 1. The van der Waals surface area contributed by atoms with Crippen LogP contribution in [0.4, 0.5) is 0 Å². The van der Waals surface area contributed by atoms with Crippen molar-refractivity contribution in [3.63, 3.8) is 0 Å². The van der Waals surface area contributed by atoms with Gasteiger partial charge in [-0.05, 0) is 46.8 Å². The Labute approximate surface area is 173 Å². The van der Waals surface area contributed by atoms with Gasteiger partial charge in [-0.25, -0.2) is 0 Å². The van der Waals surface area contributed by atoms with E-state index in [1.54, 1.807) is 0 Å². The molecule has 3 aliphatic heterocycles. The summed E-state index contributed by atoms with van der Waals surface area (Å²) in [6.45, 7) is 21.0. The number of carbonyl (C=O) groups excluding carboxylic acids is 1. The number of ether oxygens (including phenoxy) is 1. The van der Waals surface area contributed by atoms with Crippen LogP contribution in [0.5, 0.6) is 0 Å². The monoisotopic (exact) mass is 396 g/mol. The molecular formula is C22H44N4O2. The van der Waals surface area contributed by atoms with Crippen molar-refractivity contribution in [2.45, 2.75) is 59.5 Å². The first-order chi connectivity index (χ1) is 13.2. The second kappa shape index (κ2) is 10.9. The highest BCUT2D eigenvalue weighted by Gasteiger charge is 2.29. The number of piperidine rings is 1. The molecule has 0 aromatic carbocycles. The van der Waals surface area contributed by atoms with E-state index < -0.39 is 0 Å². The summed E-state index contributed by atoms with van der Waals surface area (Å²) in [5, 5.41) is 0. The van der Waals surface area contributed by atoms with E-state index in [-0.39, 0.29) is 11.3 Å². The van der Waals surface area contributed by atoms with Crippen molar-refractivity contribution < 1.29 is 9.53 Å². The molecule has 164 valence electrons. The van der Waals surface area contributed by atoms with E-state index in [9.17, 15) is 4.79 Å². The zero-order valence-corrected chi connectivity index (χ0v) is 19.2. The molecule has 0 unspecified atom stereocenters. The van der Waals surface area contributed by atoms with Gasteiger partial charge >= 0.3 is 0 Å². The Balaban J connectivity index is 0.000000203. The van der Waals surface area contributed by atoms with Gasteiger partial charge in [0.1, 0.15) is 0 Å². The van der Waals surface area contributed by atoms with Gasteiger partial charge in [0.25, 0.3) is 0 Å². The molecule has 3 heterocycles. The van der Waals surface area contributed by atoms with Crippen LogP contribution in [0, 0.1) is 5.41 Å². The van der Waals surface area contributed by atoms with Crippen LogP contribution in [-0.2, 0) is 9.53 Å². The largest absolute Gasteiger partial charge is 0.379 e. The molecule has 0 saturated carbocycles. The van der Waals surface area contributed by atoms with Gasteiger partial charge in [-0.1, -0.05) is 20.8 Å². The third kappa shape index (κ3) is 7.29. The highest BCUT2D eigenvalue weighted by atomic mass is 16.5. The Kier molecular flexibility index (Phi) is 9.19. The Bertz CT molecular complexity index is 456. The molecule has 0 N–H and O–H groups in total. The number of amides is 1. The summed E-state index contributed by atoms with van der Waals surface area (Å²) in [5.41, 5.74) is -0.226. The summed E-state index contributed by atoms with van der Waals surface area (Å²) in [6, 6.07) is 1.54. The minimum atomic E-state index is -0.226. The maximum atomic E-state index is 11.8. The number of piperazine rings is 1. The van der Waals surface area contributed by atoms with Gasteiger partial charge in [0, 0.05) is 56.8 Å². The smallest absolute Gasteiger partial charge is 0.228 e. The number of rotatable bonds is 2. The lowest BCUT2D eigenvalue weighted by molar-refractivity contribution is -0.141. The van der Waals surface area contributed by atoms with Crippen molar-refractivity contribution in [1.29, 1.82) is 0 Å². The van der Waals surface area contributed by atoms with Crippen molar-refractivity contribution in [3.8, 4) is 0 Å². The number of morpholine rings is 1. The first-order valence-corrected chi connectivity index (χ1v) is 11.2. The summed E-state index contributed by atoms with van der Waals surface area (Å²) in [5.74, 6) is 0.278. The second-order valence-electron chi connectivity index (χ2n) is 9.85. The standard InChI is InChI=1S/C12H24N2O.C10H20N2O/c1-11(2)13-5-3-12(4-6-13)14-7-9-15-10-8-14;1-10(2,3)9(13)12-7-5-11(4)6-8-12/h11-12H,3-10H2,1-2H3;5-8H2,1-4H3. The van der Waals surface area contributed by atoms with Crippen LogP contribution in [-0.4, -0.2) is 110 Å². The molecule has 0 bridgehead atoms. The number of likely N-dealkylation sites (tertiary alicyclic amines) is 1. The van der Waals surface area contributed by atoms with Gasteiger partial charge in [-0.3, -0.25) is 9.69 Å². The summed E-state index contributed by atoms with van der Waals surface area (Å²) in [4.78, 5) is 21.3. The molecule has 3 saturated heterocycles. The number of hydrogen-bond donors (Lipinski definition) is 0. The van der Waals surface area contributed by atoms with Gasteiger partial charge in [0.2, 0.25) is 5.91 Å². The molecule has 0 spiro atoms.